The van der Waals surface area contributed by atoms with Gasteiger partial charge < -0.3 is 25.8 Å². The van der Waals surface area contributed by atoms with E-state index >= 15 is 0 Å². The second kappa shape index (κ2) is 10.9. The maximum absolute atomic E-state index is 12.7. The molecule has 0 fully saturated rings. The number of rotatable bonds is 10. The van der Waals surface area contributed by atoms with Gasteiger partial charge in [0.05, 0.1) is 31.9 Å². The topological polar surface area (TPSA) is 133 Å². The van der Waals surface area contributed by atoms with Gasteiger partial charge in [0.15, 0.2) is 11.5 Å². The minimum Gasteiger partial charge on any atom is -0.450 e. The zero-order valence-corrected chi connectivity index (χ0v) is 19.1. The summed E-state index contributed by atoms with van der Waals surface area (Å²) in [4.78, 5) is 24.5. The Morgan fingerprint density at radius 2 is 1.88 bits per heavy atom. The standard InChI is InChI=1S/C23H30N6O4/c1-4-33-22(31)25-13-17-11-8-12-19-27-28-20(29(17)19)18(26-21(30)23(2,3)24)15-32-14-16-9-6-5-7-10-16/h5-12,18H,4,13-15,24H2,1-3H3,(H,25,31)(H,26,30)/t18-/m1/s1. The average molecular weight is 455 g/mol. The van der Waals surface area contributed by atoms with Crippen LogP contribution in [0.2, 0.25) is 0 Å². The number of nitrogens with zero attached hydrogens (tertiary/aromatic N) is 3. The van der Waals surface area contributed by atoms with Gasteiger partial charge in [-0.2, -0.15) is 0 Å². The molecule has 0 aliphatic rings. The number of alkyl carbamates (subject to hydrolysis) is 1. The molecular weight excluding hydrogens is 424 g/mol. The molecule has 0 unspecified atom stereocenters. The Hall–Kier alpha value is -3.50. The molecule has 33 heavy (non-hydrogen) atoms. The third-order valence-electron chi connectivity index (χ3n) is 4.82. The van der Waals surface area contributed by atoms with Gasteiger partial charge in [0.25, 0.3) is 0 Å². The van der Waals surface area contributed by atoms with Gasteiger partial charge in [0.2, 0.25) is 5.91 Å². The summed E-state index contributed by atoms with van der Waals surface area (Å²) in [5.74, 6) is 0.117. The maximum Gasteiger partial charge on any atom is 0.407 e. The fourth-order valence-electron chi connectivity index (χ4n) is 3.13. The highest BCUT2D eigenvalue weighted by Gasteiger charge is 2.28. The number of fused-ring (bicyclic) bond motifs is 1. The lowest BCUT2D eigenvalue weighted by atomic mass is 10.1. The van der Waals surface area contributed by atoms with Crippen molar-refractivity contribution in [1.29, 1.82) is 0 Å². The van der Waals surface area contributed by atoms with Crippen LogP contribution in [0.25, 0.3) is 5.65 Å². The third kappa shape index (κ3) is 6.50. The predicted molar refractivity (Wildman–Crippen MR) is 122 cm³/mol. The van der Waals surface area contributed by atoms with Crippen molar-refractivity contribution in [2.24, 2.45) is 5.73 Å². The number of amides is 2. The summed E-state index contributed by atoms with van der Waals surface area (Å²) in [6.45, 7) is 5.97. The number of ether oxygens (including phenoxy) is 2. The molecule has 0 radical (unpaired) electrons. The number of hydrogen-bond donors (Lipinski definition) is 3. The molecule has 10 nitrogen and oxygen atoms in total. The molecule has 3 rings (SSSR count). The highest BCUT2D eigenvalue weighted by atomic mass is 16.5. The Morgan fingerprint density at radius 1 is 1.12 bits per heavy atom. The van der Waals surface area contributed by atoms with Crippen LogP contribution < -0.4 is 16.4 Å². The van der Waals surface area contributed by atoms with Gasteiger partial charge in [0.1, 0.15) is 6.04 Å². The van der Waals surface area contributed by atoms with Gasteiger partial charge in [-0.3, -0.25) is 9.20 Å². The summed E-state index contributed by atoms with van der Waals surface area (Å²) in [7, 11) is 0. The van der Waals surface area contributed by atoms with E-state index in [0.717, 1.165) is 11.3 Å². The van der Waals surface area contributed by atoms with Crippen LogP contribution in [0.4, 0.5) is 4.79 Å². The van der Waals surface area contributed by atoms with E-state index in [1.54, 1.807) is 31.2 Å². The zero-order valence-electron chi connectivity index (χ0n) is 19.1. The fourth-order valence-corrected chi connectivity index (χ4v) is 3.13. The number of aromatic nitrogens is 3. The van der Waals surface area contributed by atoms with E-state index in [0.29, 0.717) is 18.1 Å². The molecule has 1 aromatic carbocycles. The summed E-state index contributed by atoms with van der Waals surface area (Å²) in [5.41, 5.74) is 7.20. The molecule has 2 heterocycles. The van der Waals surface area contributed by atoms with Crippen molar-refractivity contribution in [3.63, 3.8) is 0 Å². The number of benzene rings is 1. The van der Waals surface area contributed by atoms with Crippen LogP contribution in [0.15, 0.2) is 48.5 Å². The fraction of sp³-hybridized carbons (Fsp3) is 0.391. The highest BCUT2D eigenvalue weighted by molar-refractivity contribution is 5.85. The summed E-state index contributed by atoms with van der Waals surface area (Å²) < 4.78 is 12.6. The molecule has 0 aliphatic carbocycles. The molecule has 10 heteroatoms. The van der Waals surface area contributed by atoms with Crippen LogP contribution in [0, 0.1) is 0 Å². The lowest BCUT2D eigenvalue weighted by Crippen LogP contribution is -2.51. The highest BCUT2D eigenvalue weighted by Crippen LogP contribution is 2.18. The van der Waals surface area contributed by atoms with Crippen LogP contribution in [0.3, 0.4) is 0 Å². The van der Waals surface area contributed by atoms with E-state index in [4.69, 9.17) is 15.2 Å². The Kier molecular flexibility index (Phi) is 7.96. The lowest BCUT2D eigenvalue weighted by molar-refractivity contribution is -0.126. The average Bonchev–Trinajstić information content (AvgIpc) is 3.22. The molecule has 2 aromatic heterocycles. The minimum absolute atomic E-state index is 0.150. The van der Waals surface area contributed by atoms with E-state index in [1.807, 2.05) is 42.5 Å². The Labute approximate surface area is 192 Å². The first-order valence-electron chi connectivity index (χ1n) is 10.7. The van der Waals surface area contributed by atoms with Crippen molar-refractivity contribution >= 4 is 17.6 Å². The molecule has 3 aromatic rings. The van der Waals surface area contributed by atoms with Crippen molar-refractivity contribution in [3.05, 3.63) is 65.6 Å². The Bertz CT molecular complexity index is 1080. The maximum atomic E-state index is 12.7. The Morgan fingerprint density at radius 3 is 2.58 bits per heavy atom. The Balaban J connectivity index is 1.87. The number of hydrogen-bond acceptors (Lipinski definition) is 7. The summed E-state index contributed by atoms with van der Waals surface area (Å²) in [5, 5.41) is 14.2. The van der Waals surface area contributed by atoms with Gasteiger partial charge in [0, 0.05) is 5.69 Å². The molecule has 176 valence electrons. The summed E-state index contributed by atoms with van der Waals surface area (Å²) in [6, 6.07) is 14.5. The molecule has 0 bridgehead atoms. The molecule has 0 saturated heterocycles. The summed E-state index contributed by atoms with van der Waals surface area (Å²) in [6.07, 6.45) is -0.523. The van der Waals surface area contributed by atoms with E-state index in [-0.39, 0.29) is 25.7 Å². The zero-order chi connectivity index (χ0) is 23.8. The first kappa shape index (κ1) is 24.1. The summed E-state index contributed by atoms with van der Waals surface area (Å²) >= 11 is 0. The van der Waals surface area contributed by atoms with Crippen LogP contribution >= 0.6 is 0 Å². The number of nitrogens with one attached hydrogen (secondary N) is 2. The van der Waals surface area contributed by atoms with Gasteiger partial charge in [-0.25, -0.2) is 4.79 Å². The minimum atomic E-state index is -1.09. The molecule has 0 spiro atoms. The van der Waals surface area contributed by atoms with Gasteiger partial charge in [-0.1, -0.05) is 36.4 Å². The second-order valence-corrected chi connectivity index (χ2v) is 8.09. The molecule has 4 N–H and O–H groups in total. The van der Waals surface area contributed by atoms with Crippen LogP contribution in [-0.2, 0) is 27.4 Å². The monoisotopic (exact) mass is 454 g/mol. The largest absolute Gasteiger partial charge is 0.450 e. The van der Waals surface area contributed by atoms with Gasteiger partial charge in [-0.05, 0) is 38.5 Å². The number of carbonyl (C=O) groups excluding carboxylic acids is 2. The number of pyridine rings is 1. The van der Waals surface area contributed by atoms with E-state index in [9.17, 15) is 9.59 Å². The normalized spacial score (nSPS) is 12.4. The van der Waals surface area contributed by atoms with Crippen molar-refractivity contribution < 1.29 is 19.1 Å². The SMILES string of the molecule is CCOC(=O)NCc1cccc2nnc([C@@H](COCc3ccccc3)NC(=O)C(C)(C)N)n12. The van der Waals surface area contributed by atoms with Gasteiger partial charge in [-0.15, -0.1) is 10.2 Å². The molecule has 1 atom stereocenters. The first-order chi connectivity index (χ1) is 15.8. The number of carbonyl (C=O) groups is 2. The smallest absolute Gasteiger partial charge is 0.407 e. The van der Waals surface area contributed by atoms with Crippen LogP contribution in [0.5, 0.6) is 0 Å². The second-order valence-electron chi connectivity index (χ2n) is 8.09. The van der Waals surface area contributed by atoms with Crippen LogP contribution in [-0.4, -0.2) is 45.4 Å². The molecule has 0 saturated carbocycles. The van der Waals surface area contributed by atoms with E-state index < -0.39 is 17.7 Å². The predicted octanol–water partition coefficient (Wildman–Crippen LogP) is 2.09. The van der Waals surface area contributed by atoms with Crippen molar-refractivity contribution in [3.8, 4) is 0 Å². The van der Waals surface area contributed by atoms with Gasteiger partial charge >= 0.3 is 6.09 Å². The molecular formula is C23H30N6O4. The van der Waals surface area contributed by atoms with Crippen molar-refractivity contribution in [2.45, 2.75) is 45.5 Å². The number of nitrogens with two attached hydrogens (primary N) is 1. The van der Waals surface area contributed by atoms with Crippen LogP contribution in [0.1, 0.15) is 43.9 Å². The molecule has 2 amide bonds. The van der Waals surface area contributed by atoms with E-state index in [1.165, 1.54) is 0 Å². The lowest BCUT2D eigenvalue weighted by Gasteiger charge is -2.24. The first-order valence-corrected chi connectivity index (χ1v) is 10.7. The van der Waals surface area contributed by atoms with E-state index in [2.05, 4.69) is 20.8 Å². The quantitative estimate of drug-likeness (QED) is 0.427. The van der Waals surface area contributed by atoms with Crippen molar-refractivity contribution in [1.82, 2.24) is 25.2 Å². The third-order valence-corrected chi connectivity index (χ3v) is 4.82. The van der Waals surface area contributed by atoms with Crippen molar-refractivity contribution in [2.75, 3.05) is 13.2 Å². The molecule has 0 aliphatic heterocycles.